The zero-order chi connectivity index (χ0) is 52.0. The number of hydrogen-bond donors (Lipinski definition) is 1. The number of piperidine rings is 2. The predicted molar refractivity (Wildman–Crippen MR) is 302 cm³/mol. The average Bonchev–Trinajstić information content (AvgIpc) is 4.25. The molecule has 1 N–H and O–H groups in total. The normalized spacial score (nSPS) is 21.3. The molecule has 76 heavy (non-hydrogen) atoms. The molecule has 12 rings (SSSR count). The number of ether oxygens (including phenoxy) is 1. The van der Waals surface area contributed by atoms with Crippen molar-refractivity contribution in [3.63, 3.8) is 0 Å². The Bertz CT molecular complexity index is 3070. The number of nitrogens with zero attached hydrogens (tertiary/aromatic N) is 12. The fourth-order valence-corrected chi connectivity index (χ4v) is 12.7. The number of likely N-dealkylation sites (N-methyl/N-ethyl adjacent to an activating group) is 2. The molecule has 0 unspecified atom stereocenters. The van der Waals surface area contributed by atoms with Gasteiger partial charge in [0.25, 0.3) is 0 Å². The van der Waals surface area contributed by atoms with E-state index in [-0.39, 0.29) is 31.0 Å². The first kappa shape index (κ1) is 55.5. The summed E-state index contributed by atoms with van der Waals surface area (Å²) in [5.41, 5.74) is 9.48. The minimum absolute atomic E-state index is 0. The number of aliphatic hydroxyl groups excluding tert-OH is 1. The summed E-state index contributed by atoms with van der Waals surface area (Å²) >= 11 is 6.34. The number of likely N-dealkylation sites (tertiary alicyclic amines) is 2. The van der Waals surface area contributed by atoms with Crippen molar-refractivity contribution in [1.29, 1.82) is 10.5 Å². The minimum Gasteiger partial charge on any atom is -1.00 e. The van der Waals surface area contributed by atoms with E-state index in [2.05, 4.69) is 152 Å². The summed E-state index contributed by atoms with van der Waals surface area (Å²) in [5, 5.41) is 32.6. The number of aryl methyl sites for hydroxylation is 2. The van der Waals surface area contributed by atoms with Crippen LogP contribution in [0.1, 0.15) is 99.3 Å². The number of nitriles is 2. The van der Waals surface area contributed by atoms with E-state index < -0.39 is 0 Å². The van der Waals surface area contributed by atoms with Gasteiger partial charge in [-0.3, -0.25) is 0 Å². The van der Waals surface area contributed by atoms with Crippen molar-refractivity contribution in [2.75, 3.05) is 86.2 Å². The van der Waals surface area contributed by atoms with Gasteiger partial charge in [-0.2, -0.15) is 20.5 Å². The second kappa shape index (κ2) is 25.5. The molecule has 6 aliphatic rings. The summed E-state index contributed by atoms with van der Waals surface area (Å²) in [6, 6.07) is 32.1. The van der Waals surface area contributed by atoms with Crippen LogP contribution in [0.5, 0.6) is 6.01 Å². The Balaban J connectivity index is 0.000000176. The number of aliphatic hydroxyl groups is 1. The van der Waals surface area contributed by atoms with Crippen molar-refractivity contribution in [2.24, 2.45) is 11.8 Å². The molecule has 4 atom stereocenters. The SMILES string of the molecule is CN1CCC[C@H]1CO.Cc1cccc2cccc(N3Cc4nc(Cl)nc(N5CCC[C@@H](CC#N)C5)c4C3)c12.Cc1cccc2cccc(N3Cc4nc(OC[C@@H]5CCCN5C)nc(N5CCC[C@@H](CC#N)C5)c4C3)c12.[H-].[Na+]. The van der Waals surface area contributed by atoms with Gasteiger partial charge in [-0.05, 0) is 150 Å². The van der Waals surface area contributed by atoms with Gasteiger partial charge in [0.1, 0.15) is 18.2 Å². The number of anilines is 4. The van der Waals surface area contributed by atoms with Gasteiger partial charge in [0.2, 0.25) is 5.28 Å². The van der Waals surface area contributed by atoms with E-state index in [9.17, 15) is 5.26 Å². The molecule has 6 aromatic rings. The Morgan fingerprint density at radius 2 is 1.08 bits per heavy atom. The van der Waals surface area contributed by atoms with Crippen LogP contribution < -0.4 is 53.9 Å². The maximum absolute atomic E-state index is 9.31. The molecule has 0 aliphatic carbocycles. The van der Waals surface area contributed by atoms with Crippen molar-refractivity contribution in [3.05, 3.63) is 112 Å². The van der Waals surface area contributed by atoms with E-state index in [0.29, 0.717) is 61.3 Å². The second-order valence-corrected chi connectivity index (χ2v) is 22.1. The number of rotatable bonds is 10. The largest absolute Gasteiger partial charge is 1.00 e. The van der Waals surface area contributed by atoms with E-state index in [1.54, 1.807) is 0 Å². The van der Waals surface area contributed by atoms with Gasteiger partial charge in [0, 0.05) is 97.5 Å². The third-order valence-electron chi connectivity index (χ3n) is 16.7. The maximum atomic E-state index is 9.31. The van der Waals surface area contributed by atoms with Crippen LogP contribution in [0.2, 0.25) is 5.28 Å². The second-order valence-electron chi connectivity index (χ2n) is 21.8. The van der Waals surface area contributed by atoms with Crippen LogP contribution >= 0.6 is 11.6 Å². The van der Waals surface area contributed by atoms with Gasteiger partial charge in [-0.1, -0.05) is 60.7 Å². The van der Waals surface area contributed by atoms with Crippen LogP contribution in [0.4, 0.5) is 23.0 Å². The summed E-state index contributed by atoms with van der Waals surface area (Å²) in [6.45, 7) is 14.3. The molecule has 16 heteroatoms. The van der Waals surface area contributed by atoms with Crippen LogP contribution in [0, 0.1) is 48.3 Å². The van der Waals surface area contributed by atoms with Crippen LogP contribution in [0.25, 0.3) is 21.5 Å². The Hall–Kier alpha value is -5.29. The summed E-state index contributed by atoms with van der Waals surface area (Å²) in [7, 11) is 4.23. The first-order valence-electron chi connectivity index (χ1n) is 27.4. The number of aromatic nitrogens is 4. The average molecular weight is 1050 g/mol. The third-order valence-corrected chi connectivity index (χ3v) is 16.9. The molecule has 0 amide bonds. The van der Waals surface area contributed by atoms with Crippen LogP contribution in [0.15, 0.2) is 72.8 Å². The summed E-state index contributed by atoms with van der Waals surface area (Å²) in [4.78, 5) is 33.3. The molecule has 394 valence electrons. The smallest absolute Gasteiger partial charge is 1.00 e. The number of benzene rings is 4. The molecular formula is C60H74ClN12NaO2. The van der Waals surface area contributed by atoms with Gasteiger partial charge in [0.05, 0.1) is 43.2 Å². The van der Waals surface area contributed by atoms with Crippen molar-refractivity contribution >= 4 is 56.2 Å². The molecule has 0 saturated carbocycles. The van der Waals surface area contributed by atoms with E-state index in [4.69, 9.17) is 36.7 Å². The molecule has 4 fully saturated rings. The molecule has 2 aromatic heterocycles. The standard InChI is InChI=1S/C30H36N6O.C24H24ClN5.C6H13NO.Na.H/c1-21-7-3-9-23-10-4-12-27(28(21)23)36-18-25-26(19-36)32-30(37-20-24-11-6-15-34(24)2)33-29(25)35-16-5-8-22(17-35)13-14-31;1-16-5-2-7-18-8-3-9-21(22(16)18)30-14-19-20(15-30)27-24(25)28-23(19)29-12-4-6-17(13-29)10-11-26;1-7-4-2-3-6(7)5-8;;/h3-4,7,9-10,12,22,24H,5-6,8,11,13,15-20H2,1-2H3;2-3,5,7-9,17H,4,6,10,12-15H2,1H3;6,8H,2-5H2,1H3;;/q;;;+1;-1/t22-,24-;17-;6-;;/m000../s1. The van der Waals surface area contributed by atoms with Gasteiger partial charge < -0.3 is 40.7 Å². The zero-order valence-electron chi connectivity index (χ0n) is 46.4. The predicted octanol–water partition coefficient (Wildman–Crippen LogP) is 7.49. The summed E-state index contributed by atoms with van der Waals surface area (Å²) in [5.74, 6) is 2.74. The topological polar surface area (TPSA) is 148 Å². The number of hydrogen-bond acceptors (Lipinski definition) is 14. The molecule has 6 aliphatic heterocycles. The number of halogens is 1. The molecular weight excluding hydrogens is 979 g/mol. The minimum atomic E-state index is 0. The molecule has 0 radical (unpaired) electrons. The van der Waals surface area contributed by atoms with E-state index >= 15 is 0 Å². The van der Waals surface area contributed by atoms with Crippen LogP contribution in [0.3, 0.4) is 0 Å². The molecule has 4 aromatic carbocycles. The van der Waals surface area contributed by atoms with Crippen molar-refractivity contribution < 1.29 is 40.8 Å². The maximum Gasteiger partial charge on any atom is 1.00 e. The quantitative estimate of drug-likeness (QED) is 0.107. The molecule has 0 bridgehead atoms. The van der Waals surface area contributed by atoms with Gasteiger partial charge in [-0.25, -0.2) is 9.97 Å². The Kier molecular flexibility index (Phi) is 18.6. The summed E-state index contributed by atoms with van der Waals surface area (Å²) < 4.78 is 6.26. The first-order valence-corrected chi connectivity index (χ1v) is 27.8. The van der Waals surface area contributed by atoms with Crippen LogP contribution in [-0.4, -0.2) is 114 Å². The van der Waals surface area contributed by atoms with Gasteiger partial charge >= 0.3 is 35.6 Å². The zero-order valence-corrected chi connectivity index (χ0v) is 48.1. The Labute approximate surface area is 478 Å². The molecule has 0 spiro atoms. The Morgan fingerprint density at radius 1 is 0.605 bits per heavy atom. The van der Waals surface area contributed by atoms with Crippen molar-refractivity contribution in [1.82, 2.24) is 29.7 Å². The van der Waals surface area contributed by atoms with Crippen molar-refractivity contribution in [3.8, 4) is 18.1 Å². The summed E-state index contributed by atoms with van der Waals surface area (Å²) in [6.07, 6.45) is 10.4. The monoisotopic (exact) mass is 1050 g/mol. The van der Waals surface area contributed by atoms with Gasteiger partial charge in [0.15, 0.2) is 0 Å². The number of fused-ring (bicyclic) bond motifs is 4. The fourth-order valence-electron chi connectivity index (χ4n) is 12.6. The molecule has 8 heterocycles. The van der Waals surface area contributed by atoms with E-state index in [1.165, 1.54) is 74.4 Å². The molecule has 14 nitrogen and oxygen atoms in total. The molecule has 4 saturated heterocycles. The Morgan fingerprint density at radius 3 is 1.55 bits per heavy atom. The van der Waals surface area contributed by atoms with E-state index in [0.717, 1.165) is 121 Å². The van der Waals surface area contributed by atoms with Crippen molar-refractivity contribution in [2.45, 2.75) is 116 Å². The van der Waals surface area contributed by atoms with Crippen LogP contribution in [-0.2, 0) is 26.2 Å². The fraction of sp³-hybridized carbons (Fsp3) is 0.500. The van der Waals surface area contributed by atoms with E-state index in [1.807, 2.05) is 0 Å². The van der Waals surface area contributed by atoms with Gasteiger partial charge in [-0.15, -0.1) is 0 Å². The third kappa shape index (κ3) is 12.3. The first-order chi connectivity index (χ1) is 36.6.